The molecule has 1 N–H and O–H groups in total. The molecule has 1 amide bonds. The molecule has 0 bridgehead atoms. The first-order valence-electron chi connectivity index (χ1n) is 6.27. The van der Waals surface area contributed by atoms with Gasteiger partial charge in [-0.05, 0) is 18.6 Å². The van der Waals surface area contributed by atoms with Crippen molar-refractivity contribution in [2.24, 2.45) is 0 Å². The van der Waals surface area contributed by atoms with E-state index in [2.05, 4.69) is 11.9 Å². The minimum atomic E-state index is -0.505. The van der Waals surface area contributed by atoms with E-state index in [1.807, 2.05) is 25.1 Å². The van der Waals surface area contributed by atoms with E-state index in [-0.39, 0.29) is 18.3 Å². The first-order valence-corrected chi connectivity index (χ1v) is 6.27. The number of anilines is 1. The lowest BCUT2D eigenvalue weighted by Gasteiger charge is -2.24. The lowest BCUT2D eigenvalue weighted by atomic mass is 9.91. The molecule has 0 saturated heterocycles. The van der Waals surface area contributed by atoms with Gasteiger partial charge in [-0.3, -0.25) is 9.59 Å². The molecule has 1 aromatic rings. The summed E-state index contributed by atoms with van der Waals surface area (Å²) in [7, 11) is 0. The number of ether oxygens (including phenoxy) is 1. The average molecular weight is 259 g/mol. The van der Waals surface area contributed by atoms with Gasteiger partial charge in [0, 0.05) is 18.5 Å². The number of fused-ring (bicyclic) bond motifs is 1. The summed E-state index contributed by atoms with van der Waals surface area (Å²) in [4.78, 5) is 23.6. The van der Waals surface area contributed by atoms with E-state index in [1.54, 1.807) is 6.07 Å². The Balaban J connectivity index is 2.09. The Kier molecular flexibility index (Phi) is 4.00. The molecule has 0 fully saturated rings. The Hall–Kier alpha value is -2.10. The highest BCUT2D eigenvalue weighted by Crippen LogP contribution is 2.32. The van der Waals surface area contributed by atoms with Gasteiger partial charge in [0.2, 0.25) is 5.91 Å². The summed E-state index contributed by atoms with van der Waals surface area (Å²) in [6.07, 6.45) is 0.787. The predicted molar refractivity (Wildman–Crippen MR) is 72.8 cm³/mol. The number of hydrogen-bond donors (Lipinski definition) is 1. The fourth-order valence-corrected chi connectivity index (χ4v) is 2.05. The fraction of sp³-hybridized carbons (Fsp3) is 0.333. The van der Waals surface area contributed by atoms with Crippen LogP contribution < -0.4 is 5.32 Å². The number of carbonyl (C=O) groups is 2. The van der Waals surface area contributed by atoms with Crippen LogP contribution in [0.25, 0.3) is 0 Å². The molecule has 4 nitrogen and oxygen atoms in total. The zero-order valence-electron chi connectivity index (χ0n) is 10.9. The van der Waals surface area contributed by atoms with Crippen LogP contribution in [0.1, 0.15) is 31.2 Å². The Morgan fingerprint density at radius 3 is 2.95 bits per heavy atom. The molecule has 4 heteroatoms. The second-order valence-corrected chi connectivity index (χ2v) is 4.77. The largest absolute Gasteiger partial charge is 0.465 e. The molecule has 0 spiro atoms. The van der Waals surface area contributed by atoms with Crippen molar-refractivity contribution in [2.75, 3.05) is 11.9 Å². The molecule has 1 atom stereocenters. The number of benzene rings is 1. The molecular formula is C15H17NO3. The van der Waals surface area contributed by atoms with Gasteiger partial charge >= 0.3 is 5.97 Å². The van der Waals surface area contributed by atoms with Gasteiger partial charge in [-0.2, -0.15) is 0 Å². The third-order valence-electron chi connectivity index (χ3n) is 3.06. The number of nitrogens with one attached hydrogen (secondary N) is 1. The van der Waals surface area contributed by atoms with Crippen molar-refractivity contribution in [3.05, 3.63) is 42.0 Å². The standard InChI is InChI=1S/C15H17NO3/c1-10(2)7-8-19-15(18)12-9-14(17)16-13-6-4-3-5-11(12)13/h3-6,12H,1,7-9H2,2H3,(H,16,17)/t12-/m1/s1. The molecule has 0 radical (unpaired) electrons. The van der Waals surface area contributed by atoms with Crippen LogP contribution in [0.2, 0.25) is 0 Å². The van der Waals surface area contributed by atoms with Gasteiger partial charge in [0.05, 0.1) is 12.5 Å². The van der Waals surface area contributed by atoms with Crippen molar-refractivity contribution < 1.29 is 14.3 Å². The van der Waals surface area contributed by atoms with Crippen LogP contribution >= 0.6 is 0 Å². The maximum absolute atomic E-state index is 12.1. The molecule has 0 unspecified atom stereocenters. The van der Waals surface area contributed by atoms with Crippen molar-refractivity contribution in [3.63, 3.8) is 0 Å². The van der Waals surface area contributed by atoms with Crippen LogP contribution in [0.15, 0.2) is 36.4 Å². The van der Waals surface area contributed by atoms with Crippen molar-refractivity contribution in [1.82, 2.24) is 0 Å². The van der Waals surface area contributed by atoms with Crippen molar-refractivity contribution in [1.29, 1.82) is 0 Å². The van der Waals surface area contributed by atoms with E-state index in [4.69, 9.17) is 4.74 Å². The molecule has 2 rings (SSSR count). The van der Waals surface area contributed by atoms with Crippen LogP contribution in [0, 0.1) is 0 Å². The van der Waals surface area contributed by atoms with Crippen molar-refractivity contribution in [3.8, 4) is 0 Å². The smallest absolute Gasteiger partial charge is 0.314 e. The second kappa shape index (κ2) is 5.69. The predicted octanol–water partition coefficient (Wildman–Crippen LogP) is 2.62. The summed E-state index contributed by atoms with van der Waals surface area (Å²) in [6, 6.07) is 7.32. The Bertz CT molecular complexity index is 522. The molecule has 0 aliphatic carbocycles. The quantitative estimate of drug-likeness (QED) is 0.668. The molecule has 0 aromatic heterocycles. The monoisotopic (exact) mass is 259 g/mol. The maximum Gasteiger partial charge on any atom is 0.314 e. The SMILES string of the molecule is C=C(C)CCOC(=O)[C@@H]1CC(=O)Nc2ccccc21. The summed E-state index contributed by atoms with van der Waals surface area (Å²) >= 11 is 0. The zero-order valence-corrected chi connectivity index (χ0v) is 10.9. The van der Waals surface area contributed by atoms with Gasteiger partial charge in [0.15, 0.2) is 0 Å². The average Bonchev–Trinajstić information content (AvgIpc) is 2.37. The van der Waals surface area contributed by atoms with Gasteiger partial charge in [0.1, 0.15) is 0 Å². The van der Waals surface area contributed by atoms with E-state index in [1.165, 1.54) is 0 Å². The van der Waals surface area contributed by atoms with Crippen LogP contribution in [0.4, 0.5) is 5.69 Å². The molecule has 1 aromatic carbocycles. The van der Waals surface area contributed by atoms with Crippen LogP contribution in [-0.2, 0) is 14.3 Å². The molecule has 100 valence electrons. The van der Waals surface area contributed by atoms with Gasteiger partial charge in [-0.15, -0.1) is 6.58 Å². The number of esters is 1. The van der Waals surface area contributed by atoms with E-state index in [0.29, 0.717) is 18.7 Å². The third-order valence-corrected chi connectivity index (χ3v) is 3.06. The highest BCUT2D eigenvalue weighted by atomic mass is 16.5. The molecule has 19 heavy (non-hydrogen) atoms. The highest BCUT2D eigenvalue weighted by Gasteiger charge is 2.31. The van der Waals surface area contributed by atoms with Crippen molar-refractivity contribution >= 4 is 17.6 Å². The van der Waals surface area contributed by atoms with E-state index in [9.17, 15) is 9.59 Å². The summed E-state index contributed by atoms with van der Waals surface area (Å²) in [6.45, 7) is 5.96. The van der Waals surface area contributed by atoms with Crippen LogP contribution in [0.5, 0.6) is 0 Å². The highest BCUT2D eigenvalue weighted by molar-refractivity contribution is 5.99. The van der Waals surface area contributed by atoms with Gasteiger partial charge in [0.25, 0.3) is 0 Å². The number of amides is 1. The van der Waals surface area contributed by atoms with Gasteiger partial charge < -0.3 is 10.1 Å². The Labute approximate surface area is 112 Å². The minimum absolute atomic E-state index is 0.142. The third kappa shape index (κ3) is 3.22. The summed E-state index contributed by atoms with van der Waals surface area (Å²) < 4.78 is 5.22. The molecule has 1 heterocycles. The Morgan fingerprint density at radius 2 is 2.21 bits per heavy atom. The number of rotatable bonds is 4. The molecule has 1 aliphatic rings. The van der Waals surface area contributed by atoms with Crippen molar-refractivity contribution in [2.45, 2.75) is 25.7 Å². The minimum Gasteiger partial charge on any atom is -0.465 e. The number of para-hydroxylation sites is 1. The van der Waals surface area contributed by atoms with Gasteiger partial charge in [-0.1, -0.05) is 23.8 Å². The second-order valence-electron chi connectivity index (χ2n) is 4.77. The number of hydrogen-bond acceptors (Lipinski definition) is 3. The summed E-state index contributed by atoms with van der Waals surface area (Å²) in [5.41, 5.74) is 2.48. The summed E-state index contributed by atoms with van der Waals surface area (Å²) in [5, 5.41) is 2.76. The first-order chi connectivity index (χ1) is 9.08. The van der Waals surface area contributed by atoms with Crippen LogP contribution in [0.3, 0.4) is 0 Å². The normalized spacial score (nSPS) is 17.3. The number of carbonyl (C=O) groups excluding carboxylic acids is 2. The van der Waals surface area contributed by atoms with E-state index >= 15 is 0 Å². The fourth-order valence-electron chi connectivity index (χ4n) is 2.05. The van der Waals surface area contributed by atoms with Gasteiger partial charge in [-0.25, -0.2) is 0 Å². The van der Waals surface area contributed by atoms with Crippen LogP contribution in [-0.4, -0.2) is 18.5 Å². The molecule has 0 saturated carbocycles. The summed E-state index contributed by atoms with van der Waals surface area (Å²) in [5.74, 6) is -1.00. The zero-order chi connectivity index (χ0) is 13.8. The topological polar surface area (TPSA) is 55.4 Å². The first kappa shape index (κ1) is 13.3. The maximum atomic E-state index is 12.1. The molecule has 1 aliphatic heterocycles. The van der Waals surface area contributed by atoms with E-state index < -0.39 is 5.92 Å². The van der Waals surface area contributed by atoms with E-state index in [0.717, 1.165) is 11.1 Å². The Morgan fingerprint density at radius 1 is 1.47 bits per heavy atom. The lowest BCUT2D eigenvalue weighted by molar-refractivity contribution is -0.146. The molecular weight excluding hydrogens is 242 g/mol. The lowest BCUT2D eigenvalue weighted by Crippen LogP contribution is -2.28.